The zero-order valence-electron chi connectivity index (χ0n) is 10.3. The minimum absolute atomic E-state index is 0.0220. The molecule has 2 saturated heterocycles. The lowest BCUT2D eigenvalue weighted by molar-refractivity contribution is -0.187. The van der Waals surface area contributed by atoms with Gasteiger partial charge in [0, 0.05) is 25.6 Å². The van der Waals surface area contributed by atoms with E-state index in [0.717, 1.165) is 6.42 Å². The van der Waals surface area contributed by atoms with Crippen molar-refractivity contribution >= 4 is 0 Å². The molecule has 2 fully saturated rings. The first-order valence-electron chi connectivity index (χ1n) is 6.51. The topological polar surface area (TPSA) is 32.7 Å². The van der Waals surface area contributed by atoms with Crippen molar-refractivity contribution in [3.05, 3.63) is 0 Å². The third-order valence-electron chi connectivity index (χ3n) is 3.92. The van der Waals surface area contributed by atoms with E-state index >= 15 is 0 Å². The van der Waals surface area contributed by atoms with Gasteiger partial charge in [0.2, 0.25) is 0 Å². The molecular weight excluding hydrogens is 247 g/mol. The Morgan fingerprint density at radius 2 is 2.11 bits per heavy atom. The smallest absolute Gasteiger partial charge is 0.391 e. The van der Waals surface area contributed by atoms with E-state index in [1.165, 1.54) is 0 Å². The zero-order chi connectivity index (χ0) is 13.2. The van der Waals surface area contributed by atoms with Crippen molar-refractivity contribution in [1.29, 1.82) is 0 Å². The molecule has 2 aliphatic heterocycles. The Balaban J connectivity index is 1.81. The van der Waals surface area contributed by atoms with Crippen LogP contribution in [0.3, 0.4) is 0 Å². The largest absolute Gasteiger partial charge is 0.393 e. The first-order valence-corrected chi connectivity index (χ1v) is 6.51. The number of hydrogen-bond donors (Lipinski definition) is 1. The van der Waals surface area contributed by atoms with Gasteiger partial charge in [-0.05, 0) is 25.8 Å². The van der Waals surface area contributed by atoms with Gasteiger partial charge in [-0.2, -0.15) is 13.2 Å². The van der Waals surface area contributed by atoms with Crippen LogP contribution in [-0.2, 0) is 4.74 Å². The average molecular weight is 267 g/mol. The third-order valence-corrected chi connectivity index (χ3v) is 3.92. The normalized spacial score (nSPS) is 32.7. The van der Waals surface area contributed by atoms with Crippen molar-refractivity contribution in [1.82, 2.24) is 4.90 Å². The molecule has 18 heavy (non-hydrogen) atoms. The Morgan fingerprint density at radius 3 is 2.72 bits per heavy atom. The van der Waals surface area contributed by atoms with Gasteiger partial charge < -0.3 is 14.7 Å². The number of likely N-dealkylation sites (tertiary alicyclic amines) is 1. The molecule has 6 heteroatoms. The van der Waals surface area contributed by atoms with Crippen LogP contribution in [0.15, 0.2) is 0 Å². The van der Waals surface area contributed by atoms with E-state index in [2.05, 4.69) is 0 Å². The van der Waals surface area contributed by atoms with Crippen LogP contribution >= 0.6 is 0 Å². The predicted molar refractivity (Wildman–Crippen MR) is 60.2 cm³/mol. The summed E-state index contributed by atoms with van der Waals surface area (Å²) in [7, 11) is 0. The molecule has 2 rings (SSSR count). The number of halogens is 3. The first-order chi connectivity index (χ1) is 8.47. The Labute approximate surface area is 105 Å². The van der Waals surface area contributed by atoms with Crippen molar-refractivity contribution in [3.63, 3.8) is 0 Å². The Morgan fingerprint density at radius 1 is 1.33 bits per heavy atom. The van der Waals surface area contributed by atoms with E-state index in [0.29, 0.717) is 32.7 Å². The van der Waals surface area contributed by atoms with Gasteiger partial charge in [-0.25, -0.2) is 0 Å². The summed E-state index contributed by atoms with van der Waals surface area (Å²) in [4.78, 5) is 1.74. The van der Waals surface area contributed by atoms with Gasteiger partial charge in [0.1, 0.15) is 0 Å². The monoisotopic (exact) mass is 267 g/mol. The van der Waals surface area contributed by atoms with Crippen molar-refractivity contribution < 1.29 is 23.0 Å². The molecule has 0 bridgehead atoms. The summed E-state index contributed by atoms with van der Waals surface area (Å²) in [5.74, 6) is -1.16. The first kappa shape index (κ1) is 14.1. The second-order valence-electron chi connectivity index (χ2n) is 5.33. The highest BCUT2D eigenvalue weighted by molar-refractivity contribution is 4.82. The van der Waals surface area contributed by atoms with E-state index < -0.39 is 18.2 Å². The van der Waals surface area contributed by atoms with Crippen LogP contribution in [0, 0.1) is 11.8 Å². The molecule has 0 saturated carbocycles. The lowest BCUT2D eigenvalue weighted by atomic mass is 9.95. The summed E-state index contributed by atoms with van der Waals surface area (Å²) < 4.78 is 43.1. The van der Waals surface area contributed by atoms with E-state index in [1.807, 2.05) is 0 Å². The third kappa shape index (κ3) is 3.59. The molecule has 106 valence electrons. The van der Waals surface area contributed by atoms with Gasteiger partial charge in [-0.1, -0.05) is 0 Å². The fourth-order valence-corrected chi connectivity index (χ4v) is 2.76. The predicted octanol–water partition coefficient (Wildman–Crippen LogP) is 1.66. The van der Waals surface area contributed by atoms with Gasteiger partial charge in [-0.15, -0.1) is 0 Å². The number of aliphatic hydroxyl groups excluding tert-OH is 1. The summed E-state index contributed by atoms with van der Waals surface area (Å²) in [6, 6.07) is 0. The summed E-state index contributed by atoms with van der Waals surface area (Å²) in [5.41, 5.74) is 0. The van der Waals surface area contributed by atoms with Crippen LogP contribution < -0.4 is 0 Å². The number of alkyl halides is 3. The van der Waals surface area contributed by atoms with Gasteiger partial charge in [-0.3, -0.25) is 0 Å². The van der Waals surface area contributed by atoms with E-state index in [9.17, 15) is 18.3 Å². The number of nitrogens with zero attached hydrogens (tertiary/aromatic N) is 1. The Bertz CT molecular complexity index is 267. The van der Waals surface area contributed by atoms with Crippen molar-refractivity contribution in [2.24, 2.45) is 11.8 Å². The molecule has 0 aromatic heterocycles. The van der Waals surface area contributed by atoms with Crippen LogP contribution in [0.5, 0.6) is 0 Å². The molecule has 0 radical (unpaired) electrons. The lowest BCUT2D eigenvalue weighted by Gasteiger charge is -2.35. The van der Waals surface area contributed by atoms with E-state index in [1.54, 1.807) is 4.90 Å². The summed E-state index contributed by atoms with van der Waals surface area (Å²) in [6.45, 7) is 2.18. The molecule has 3 nitrogen and oxygen atoms in total. The molecule has 3 unspecified atom stereocenters. The Kier molecular flexibility index (Phi) is 4.50. The number of rotatable bonds is 3. The van der Waals surface area contributed by atoms with Crippen LogP contribution in [0.25, 0.3) is 0 Å². The molecular formula is C12H20F3NO2. The van der Waals surface area contributed by atoms with Crippen LogP contribution in [0.2, 0.25) is 0 Å². The number of aliphatic hydroxyl groups is 1. The molecule has 1 N–H and O–H groups in total. The van der Waals surface area contributed by atoms with Crippen LogP contribution in [-0.4, -0.2) is 55.1 Å². The Hall–Kier alpha value is -0.330. The van der Waals surface area contributed by atoms with Crippen molar-refractivity contribution in [3.8, 4) is 0 Å². The maximum absolute atomic E-state index is 12.6. The molecule has 2 aliphatic rings. The number of ether oxygens (including phenoxy) is 1. The second kappa shape index (κ2) is 5.75. The fraction of sp³-hybridized carbons (Fsp3) is 1.00. The van der Waals surface area contributed by atoms with Gasteiger partial charge in [0.05, 0.1) is 18.6 Å². The zero-order valence-corrected chi connectivity index (χ0v) is 10.3. The second-order valence-corrected chi connectivity index (χ2v) is 5.33. The maximum Gasteiger partial charge on any atom is 0.393 e. The molecule has 0 aromatic carbocycles. The minimum Gasteiger partial charge on any atom is -0.391 e. The highest BCUT2D eigenvalue weighted by Gasteiger charge is 2.42. The van der Waals surface area contributed by atoms with Crippen molar-refractivity contribution in [2.45, 2.75) is 31.5 Å². The van der Waals surface area contributed by atoms with E-state index in [-0.39, 0.29) is 18.9 Å². The highest BCUT2D eigenvalue weighted by Crippen LogP contribution is 2.33. The fourth-order valence-electron chi connectivity index (χ4n) is 2.76. The van der Waals surface area contributed by atoms with Gasteiger partial charge >= 0.3 is 6.18 Å². The lowest BCUT2D eigenvalue weighted by Crippen LogP contribution is -2.46. The highest BCUT2D eigenvalue weighted by atomic mass is 19.4. The molecule has 2 heterocycles. The summed E-state index contributed by atoms with van der Waals surface area (Å²) >= 11 is 0. The maximum atomic E-state index is 12.6. The molecule has 0 aliphatic carbocycles. The van der Waals surface area contributed by atoms with Crippen LogP contribution in [0.1, 0.15) is 19.3 Å². The van der Waals surface area contributed by atoms with E-state index in [4.69, 9.17) is 4.74 Å². The minimum atomic E-state index is -4.11. The quantitative estimate of drug-likeness (QED) is 0.844. The standard InChI is InChI=1S/C12H20F3NO2/c13-12(14,15)10-2-1-4-16(6-10)7-11(17)9-3-5-18-8-9/h9-11,17H,1-8H2. The molecule has 0 spiro atoms. The van der Waals surface area contributed by atoms with Gasteiger partial charge in [0.15, 0.2) is 0 Å². The average Bonchev–Trinajstić information content (AvgIpc) is 2.81. The number of piperidine rings is 1. The molecule has 0 amide bonds. The summed E-state index contributed by atoms with van der Waals surface area (Å²) in [5, 5.41) is 9.99. The van der Waals surface area contributed by atoms with Crippen molar-refractivity contribution in [2.75, 3.05) is 32.8 Å². The molecule has 3 atom stereocenters. The molecule has 0 aromatic rings. The number of hydrogen-bond acceptors (Lipinski definition) is 3. The van der Waals surface area contributed by atoms with Gasteiger partial charge in [0.25, 0.3) is 0 Å². The van der Waals surface area contributed by atoms with Crippen LogP contribution in [0.4, 0.5) is 13.2 Å². The summed E-state index contributed by atoms with van der Waals surface area (Å²) in [6.07, 6.45) is -3.11. The SMILES string of the molecule is OC(CN1CCCC(C(F)(F)F)C1)C1CCOC1. The number of β-amino-alcohol motifs (C(OH)–C–C–N with tert-alkyl or cyclic N) is 1.